The van der Waals surface area contributed by atoms with Crippen molar-refractivity contribution in [2.24, 2.45) is 0 Å². The first-order valence-electron chi connectivity index (χ1n) is 4.63. The van der Waals surface area contributed by atoms with Gasteiger partial charge in [-0.05, 0) is 12.5 Å². The summed E-state index contributed by atoms with van der Waals surface area (Å²) in [6, 6.07) is 1.05. The SMILES string of the molecule is CN1CCC(n2ccc(C(=O)O)n2)C1=O. The normalized spacial score (nSPS) is 21.0. The number of carboxylic acid groups (broad SMARTS) is 1. The van der Waals surface area contributed by atoms with Crippen LogP contribution < -0.4 is 0 Å². The quantitative estimate of drug-likeness (QED) is 0.743. The highest BCUT2D eigenvalue weighted by Crippen LogP contribution is 2.21. The smallest absolute Gasteiger partial charge is 0.356 e. The summed E-state index contributed by atoms with van der Waals surface area (Å²) in [6.07, 6.45) is 2.21. The molecule has 1 aliphatic rings. The van der Waals surface area contributed by atoms with Crippen LogP contribution in [0.5, 0.6) is 0 Å². The van der Waals surface area contributed by atoms with Gasteiger partial charge in [-0.1, -0.05) is 0 Å². The second kappa shape index (κ2) is 3.38. The minimum atomic E-state index is -1.08. The molecule has 1 amide bonds. The molecule has 1 aliphatic heterocycles. The lowest BCUT2D eigenvalue weighted by molar-refractivity contribution is -0.129. The highest BCUT2D eigenvalue weighted by molar-refractivity contribution is 5.85. The molecule has 2 rings (SSSR count). The van der Waals surface area contributed by atoms with Crippen molar-refractivity contribution in [1.82, 2.24) is 14.7 Å². The van der Waals surface area contributed by atoms with Crippen LogP contribution in [-0.2, 0) is 4.79 Å². The third-order valence-electron chi connectivity index (χ3n) is 2.55. The van der Waals surface area contributed by atoms with Crippen LogP contribution in [0.3, 0.4) is 0 Å². The molecule has 1 unspecified atom stereocenters. The zero-order valence-corrected chi connectivity index (χ0v) is 8.25. The molecule has 0 radical (unpaired) electrons. The number of nitrogens with zero attached hydrogens (tertiary/aromatic N) is 3. The zero-order chi connectivity index (χ0) is 11.0. The van der Waals surface area contributed by atoms with Crippen LogP contribution in [0.1, 0.15) is 23.0 Å². The Morgan fingerprint density at radius 3 is 2.87 bits per heavy atom. The summed E-state index contributed by atoms with van der Waals surface area (Å²) < 4.78 is 1.43. The van der Waals surface area contributed by atoms with E-state index in [-0.39, 0.29) is 17.6 Å². The van der Waals surface area contributed by atoms with E-state index in [9.17, 15) is 9.59 Å². The van der Waals surface area contributed by atoms with Gasteiger partial charge in [-0.25, -0.2) is 4.79 Å². The number of carbonyl (C=O) groups excluding carboxylic acids is 1. The third kappa shape index (κ3) is 1.58. The predicted molar refractivity (Wildman–Crippen MR) is 50.5 cm³/mol. The number of aromatic nitrogens is 2. The van der Waals surface area contributed by atoms with Crippen LogP contribution in [0.4, 0.5) is 0 Å². The number of carboxylic acids is 1. The van der Waals surface area contributed by atoms with Crippen LogP contribution in [0.25, 0.3) is 0 Å². The lowest BCUT2D eigenvalue weighted by Crippen LogP contribution is -2.24. The van der Waals surface area contributed by atoms with Crippen molar-refractivity contribution in [3.63, 3.8) is 0 Å². The van der Waals surface area contributed by atoms with Gasteiger partial charge in [0.05, 0.1) is 0 Å². The fourth-order valence-corrected chi connectivity index (χ4v) is 1.68. The predicted octanol–water partition coefficient (Wildman–Crippen LogP) is -0.0155. The highest BCUT2D eigenvalue weighted by Gasteiger charge is 2.31. The molecule has 1 aromatic rings. The molecule has 1 fully saturated rings. The van der Waals surface area contributed by atoms with Crippen molar-refractivity contribution in [2.75, 3.05) is 13.6 Å². The van der Waals surface area contributed by atoms with Crippen molar-refractivity contribution in [1.29, 1.82) is 0 Å². The van der Waals surface area contributed by atoms with Gasteiger partial charge in [0.25, 0.3) is 0 Å². The van der Waals surface area contributed by atoms with E-state index in [4.69, 9.17) is 5.11 Å². The summed E-state index contributed by atoms with van der Waals surface area (Å²) in [5, 5.41) is 12.5. The number of amides is 1. The van der Waals surface area contributed by atoms with E-state index in [1.807, 2.05) is 0 Å². The van der Waals surface area contributed by atoms with Gasteiger partial charge in [-0.15, -0.1) is 0 Å². The van der Waals surface area contributed by atoms with Gasteiger partial charge >= 0.3 is 5.97 Å². The zero-order valence-electron chi connectivity index (χ0n) is 8.25. The van der Waals surface area contributed by atoms with Gasteiger partial charge in [-0.2, -0.15) is 5.10 Å². The summed E-state index contributed by atoms with van der Waals surface area (Å²) in [5.74, 6) is -1.09. The first-order chi connectivity index (χ1) is 7.09. The lowest BCUT2D eigenvalue weighted by Gasteiger charge is -2.10. The van der Waals surface area contributed by atoms with E-state index in [1.165, 1.54) is 16.9 Å². The molecule has 15 heavy (non-hydrogen) atoms. The minimum absolute atomic E-state index is 0.0185. The maximum atomic E-state index is 11.6. The lowest BCUT2D eigenvalue weighted by atomic mass is 10.2. The summed E-state index contributed by atoms with van der Waals surface area (Å²) in [6.45, 7) is 0.686. The van der Waals surface area contributed by atoms with E-state index in [1.54, 1.807) is 11.9 Å². The molecule has 2 heterocycles. The fourth-order valence-electron chi connectivity index (χ4n) is 1.68. The average molecular weight is 209 g/mol. The first-order valence-corrected chi connectivity index (χ1v) is 4.63. The Balaban J connectivity index is 2.23. The monoisotopic (exact) mass is 209 g/mol. The second-order valence-electron chi connectivity index (χ2n) is 3.55. The van der Waals surface area contributed by atoms with Crippen LogP contribution in [0.2, 0.25) is 0 Å². The summed E-state index contributed by atoms with van der Waals surface area (Å²) in [4.78, 5) is 23.8. The van der Waals surface area contributed by atoms with E-state index >= 15 is 0 Å². The molecule has 1 N–H and O–H groups in total. The molecule has 0 saturated carbocycles. The Kier molecular flexibility index (Phi) is 2.18. The molecule has 0 spiro atoms. The van der Waals surface area contributed by atoms with Gasteiger partial charge in [0.2, 0.25) is 5.91 Å². The standard InChI is InChI=1S/C9H11N3O3/c1-11-4-3-7(8(11)13)12-5-2-6(10-12)9(14)15/h2,5,7H,3-4H2,1H3,(H,14,15). The van der Waals surface area contributed by atoms with Crippen molar-refractivity contribution < 1.29 is 14.7 Å². The number of likely N-dealkylation sites (N-methyl/N-ethyl adjacent to an activating group) is 1. The largest absolute Gasteiger partial charge is 0.476 e. The van der Waals surface area contributed by atoms with Gasteiger partial charge in [0, 0.05) is 19.8 Å². The summed E-state index contributed by atoms with van der Waals surface area (Å²) in [7, 11) is 1.73. The van der Waals surface area contributed by atoms with Crippen molar-refractivity contribution in [3.8, 4) is 0 Å². The number of hydrogen-bond donors (Lipinski definition) is 1. The van der Waals surface area contributed by atoms with Gasteiger partial charge < -0.3 is 10.0 Å². The number of likely N-dealkylation sites (tertiary alicyclic amines) is 1. The van der Waals surface area contributed by atoms with Crippen molar-refractivity contribution in [3.05, 3.63) is 18.0 Å². The molecule has 6 nitrogen and oxygen atoms in total. The Labute approximate surface area is 86.1 Å². The molecule has 1 atom stereocenters. The Morgan fingerprint density at radius 1 is 1.67 bits per heavy atom. The van der Waals surface area contributed by atoms with Crippen molar-refractivity contribution >= 4 is 11.9 Å². The molecule has 1 saturated heterocycles. The van der Waals surface area contributed by atoms with E-state index < -0.39 is 5.97 Å². The molecular formula is C9H11N3O3. The third-order valence-corrected chi connectivity index (χ3v) is 2.55. The molecule has 80 valence electrons. The van der Waals surface area contributed by atoms with E-state index in [0.29, 0.717) is 13.0 Å². The average Bonchev–Trinajstić information content (AvgIpc) is 2.76. The highest BCUT2D eigenvalue weighted by atomic mass is 16.4. The Bertz CT molecular complexity index is 412. The molecule has 0 aromatic carbocycles. The maximum absolute atomic E-state index is 11.6. The topological polar surface area (TPSA) is 75.4 Å². The van der Waals surface area contributed by atoms with Gasteiger partial charge in [-0.3, -0.25) is 9.48 Å². The second-order valence-corrected chi connectivity index (χ2v) is 3.55. The van der Waals surface area contributed by atoms with Crippen LogP contribution in [0, 0.1) is 0 Å². The minimum Gasteiger partial charge on any atom is -0.476 e. The molecular weight excluding hydrogens is 198 g/mol. The Morgan fingerprint density at radius 2 is 2.40 bits per heavy atom. The molecule has 6 heteroatoms. The molecule has 0 aliphatic carbocycles. The summed E-state index contributed by atoms with van der Waals surface area (Å²) in [5.41, 5.74) is -0.0302. The number of carbonyl (C=O) groups is 2. The van der Waals surface area contributed by atoms with Gasteiger partial charge in [0.1, 0.15) is 6.04 Å². The summed E-state index contributed by atoms with van der Waals surface area (Å²) >= 11 is 0. The van der Waals surface area contributed by atoms with E-state index in [0.717, 1.165) is 0 Å². The van der Waals surface area contributed by atoms with Crippen molar-refractivity contribution in [2.45, 2.75) is 12.5 Å². The van der Waals surface area contributed by atoms with Crippen LogP contribution >= 0.6 is 0 Å². The fraction of sp³-hybridized carbons (Fsp3) is 0.444. The maximum Gasteiger partial charge on any atom is 0.356 e. The van der Waals surface area contributed by atoms with E-state index in [2.05, 4.69) is 5.10 Å². The number of aromatic carboxylic acids is 1. The van der Waals surface area contributed by atoms with Gasteiger partial charge in [0.15, 0.2) is 5.69 Å². The Hall–Kier alpha value is -1.85. The van der Waals surface area contributed by atoms with Crippen LogP contribution in [-0.4, -0.2) is 45.3 Å². The number of rotatable bonds is 2. The molecule has 0 bridgehead atoms. The molecule has 1 aromatic heterocycles. The number of hydrogen-bond acceptors (Lipinski definition) is 3. The van der Waals surface area contributed by atoms with Crippen LogP contribution in [0.15, 0.2) is 12.3 Å². The first kappa shape index (κ1) is 9.70.